The highest BCUT2D eigenvalue weighted by molar-refractivity contribution is 6.30. The molecule has 0 aliphatic heterocycles. The SMILES string of the molecule is NNC(=O)c1cc(-c2ccccc2OCc2ccc(Cl)cc2)n[nH]1. The van der Waals surface area contributed by atoms with Crippen molar-refractivity contribution < 1.29 is 9.53 Å². The molecular formula is C17H15ClN4O2. The predicted molar refractivity (Wildman–Crippen MR) is 91.5 cm³/mol. The number of ether oxygens (including phenoxy) is 1. The molecule has 7 heteroatoms. The van der Waals surface area contributed by atoms with E-state index in [2.05, 4.69) is 15.6 Å². The fourth-order valence-corrected chi connectivity index (χ4v) is 2.33. The van der Waals surface area contributed by atoms with Crippen LogP contribution in [-0.4, -0.2) is 16.1 Å². The van der Waals surface area contributed by atoms with Gasteiger partial charge >= 0.3 is 0 Å². The molecule has 0 fully saturated rings. The molecule has 1 amide bonds. The van der Waals surface area contributed by atoms with E-state index in [1.54, 1.807) is 6.07 Å². The van der Waals surface area contributed by atoms with E-state index in [0.29, 0.717) is 23.1 Å². The number of carbonyl (C=O) groups is 1. The van der Waals surface area contributed by atoms with Crippen molar-refractivity contribution in [2.24, 2.45) is 5.84 Å². The topological polar surface area (TPSA) is 93.0 Å². The van der Waals surface area contributed by atoms with E-state index in [0.717, 1.165) is 11.1 Å². The molecule has 3 rings (SSSR count). The van der Waals surface area contributed by atoms with Crippen LogP contribution in [0.1, 0.15) is 16.1 Å². The Morgan fingerprint density at radius 3 is 2.71 bits per heavy atom. The van der Waals surface area contributed by atoms with Gasteiger partial charge in [-0.25, -0.2) is 5.84 Å². The summed E-state index contributed by atoms with van der Waals surface area (Å²) in [7, 11) is 0. The van der Waals surface area contributed by atoms with Gasteiger partial charge in [0.25, 0.3) is 5.91 Å². The molecule has 0 atom stereocenters. The van der Waals surface area contributed by atoms with Gasteiger partial charge in [0.2, 0.25) is 0 Å². The Morgan fingerprint density at radius 1 is 1.21 bits per heavy atom. The molecule has 24 heavy (non-hydrogen) atoms. The van der Waals surface area contributed by atoms with Gasteiger partial charge in [-0.1, -0.05) is 35.9 Å². The minimum Gasteiger partial charge on any atom is -0.488 e. The molecule has 0 spiro atoms. The highest BCUT2D eigenvalue weighted by Crippen LogP contribution is 2.29. The molecule has 0 bridgehead atoms. The first kappa shape index (κ1) is 16.0. The maximum Gasteiger partial charge on any atom is 0.283 e. The minimum absolute atomic E-state index is 0.278. The molecule has 6 nitrogen and oxygen atoms in total. The van der Waals surface area contributed by atoms with Gasteiger partial charge in [-0.05, 0) is 35.9 Å². The van der Waals surface area contributed by atoms with E-state index < -0.39 is 5.91 Å². The molecule has 3 aromatic rings. The quantitative estimate of drug-likeness (QED) is 0.377. The Kier molecular flexibility index (Phi) is 4.79. The number of nitrogen functional groups attached to an aromatic ring is 1. The number of benzene rings is 2. The summed E-state index contributed by atoms with van der Waals surface area (Å²) in [6.07, 6.45) is 0. The maximum absolute atomic E-state index is 11.5. The summed E-state index contributed by atoms with van der Waals surface area (Å²) in [6, 6.07) is 16.5. The van der Waals surface area contributed by atoms with Crippen LogP contribution < -0.4 is 16.0 Å². The molecule has 0 saturated heterocycles. The molecule has 0 aliphatic carbocycles. The van der Waals surface area contributed by atoms with Crippen molar-refractivity contribution >= 4 is 17.5 Å². The summed E-state index contributed by atoms with van der Waals surface area (Å²) in [5, 5.41) is 7.48. The van der Waals surface area contributed by atoms with Gasteiger partial charge in [0.1, 0.15) is 18.1 Å². The van der Waals surface area contributed by atoms with Gasteiger partial charge in [0.15, 0.2) is 0 Å². The van der Waals surface area contributed by atoms with Gasteiger partial charge in [-0.3, -0.25) is 15.3 Å². The van der Waals surface area contributed by atoms with Crippen molar-refractivity contribution in [1.29, 1.82) is 0 Å². The van der Waals surface area contributed by atoms with E-state index in [4.69, 9.17) is 22.2 Å². The average Bonchev–Trinajstić information content (AvgIpc) is 3.11. The van der Waals surface area contributed by atoms with Crippen LogP contribution in [0.2, 0.25) is 5.02 Å². The number of rotatable bonds is 5. The number of nitrogens with two attached hydrogens (primary N) is 1. The van der Waals surface area contributed by atoms with E-state index in [1.807, 2.05) is 48.5 Å². The lowest BCUT2D eigenvalue weighted by Gasteiger charge is -2.10. The van der Waals surface area contributed by atoms with Crippen LogP contribution in [0.5, 0.6) is 5.75 Å². The molecule has 2 aromatic carbocycles. The molecule has 0 aliphatic rings. The van der Waals surface area contributed by atoms with Crippen molar-refractivity contribution in [2.45, 2.75) is 6.61 Å². The van der Waals surface area contributed by atoms with Crippen molar-refractivity contribution in [3.8, 4) is 17.0 Å². The van der Waals surface area contributed by atoms with Crippen LogP contribution in [-0.2, 0) is 6.61 Å². The van der Waals surface area contributed by atoms with E-state index in [1.165, 1.54) is 0 Å². The summed E-state index contributed by atoms with van der Waals surface area (Å²) < 4.78 is 5.89. The van der Waals surface area contributed by atoms with Crippen LogP contribution in [0.3, 0.4) is 0 Å². The summed E-state index contributed by atoms with van der Waals surface area (Å²) in [5.41, 5.74) is 4.71. The number of carbonyl (C=O) groups excluding carboxylic acids is 1. The number of aromatic amines is 1. The lowest BCUT2D eigenvalue weighted by atomic mass is 10.1. The smallest absolute Gasteiger partial charge is 0.283 e. The van der Waals surface area contributed by atoms with Crippen LogP contribution in [0.25, 0.3) is 11.3 Å². The molecule has 0 saturated carbocycles. The number of aromatic nitrogens is 2. The monoisotopic (exact) mass is 342 g/mol. The Bertz CT molecular complexity index is 846. The average molecular weight is 343 g/mol. The molecule has 0 unspecified atom stereocenters. The minimum atomic E-state index is -0.437. The Labute approximate surface area is 143 Å². The fraction of sp³-hybridized carbons (Fsp3) is 0.0588. The second kappa shape index (κ2) is 7.16. The van der Waals surface area contributed by atoms with Gasteiger partial charge < -0.3 is 4.74 Å². The van der Waals surface area contributed by atoms with Crippen LogP contribution >= 0.6 is 11.6 Å². The predicted octanol–water partition coefficient (Wildman–Crippen LogP) is 2.91. The van der Waals surface area contributed by atoms with Crippen molar-refractivity contribution in [2.75, 3.05) is 0 Å². The van der Waals surface area contributed by atoms with Gasteiger partial charge in [-0.2, -0.15) is 5.10 Å². The first-order valence-electron chi connectivity index (χ1n) is 7.20. The number of hydrogen-bond acceptors (Lipinski definition) is 4. The highest BCUT2D eigenvalue weighted by atomic mass is 35.5. The molecule has 0 radical (unpaired) electrons. The fourth-order valence-electron chi connectivity index (χ4n) is 2.20. The van der Waals surface area contributed by atoms with Crippen molar-refractivity contribution in [3.63, 3.8) is 0 Å². The molecule has 1 heterocycles. The Hall–Kier alpha value is -2.83. The Morgan fingerprint density at radius 2 is 1.96 bits per heavy atom. The number of hydrazine groups is 1. The van der Waals surface area contributed by atoms with E-state index >= 15 is 0 Å². The van der Waals surface area contributed by atoms with Gasteiger partial charge in [0, 0.05) is 10.6 Å². The third-order valence-corrected chi connectivity index (χ3v) is 3.68. The van der Waals surface area contributed by atoms with Crippen molar-refractivity contribution in [3.05, 3.63) is 70.9 Å². The van der Waals surface area contributed by atoms with Crippen LogP contribution in [0.4, 0.5) is 0 Å². The highest BCUT2D eigenvalue weighted by Gasteiger charge is 2.13. The first-order chi connectivity index (χ1) is 11.7. The summed E-state index contributed by atoms with van der Waals surface area (Å²) in [6.45, 7) is 0.398. The van der Waals surface area contributed by atoms with Crippen LogP contribution in [0, 0.1) is 0 Å². The second-order valence-corrected chi connectivity index (χ2v) is 5.49. The molecular weight excluding hydrogens is 328 g/mol. The third-order valence-electron chi connectivity index (χ3n) is 3.42. The number of hydrogen-bond donors (Lipinski definition) is 3. The van der Waals surface area contributed by atoms with E-state index in [9.17, 15) is 4.79 Å². The van der Waals surface area contributed by atoms with Gasteiger partial charge in [-0.15, -0.1) is 0 Å². The second-order valence-electron chi connectivity index (χ2n) is 5.05. The summed E-state index contributed by atoms with van der Waals surface area (Å²) in [5.74, 6) is 5.35. The normalized spacial score (nSPS) is 10.4. The number of amides is 1. The molecule has 122 valence electrons. The largest absolute Gasteiger partial charge is 0.488 e. The zero-order valence-electron chi connectivity index (χ0n) is 12.6. The van der Waals surface area contributed by atoms with Crippen molar-refractivity contribution in [1.82, 2.24) is 15.6 Å². The standard InChI is InChI=1S/C17H15ClN4O2/c18-12-7-5-11(6-8-12)10-24-16-4-2-1-3-13(16)14-9-15(22-21-14)17(23)20-19/h1-9H,10,19H2,(H,20,23)(H,21,22). The zero-order chi connectivity index (χ0) is 16.9. The lowest BCUT2D eigenvalue weighted by molar-refractivity contribution is 0.0948. The number of H-pyrrole nitrogens is 1. The van der Waals surface area contributed by atoms with Gasteiger partial charge in [0.05, 0.1) is 5.69 Å². The van der Waals surface area contributed by atoms with Crippen LogP contribution in [0.15, 0.2) is 54.6 Å². The lowest BCUT2D eigenvalue weighted by Crippen LogP contribution is -2.30. The third kappa shape index (κ3) is 3.56. The molecule has 4 N–H and O–H groups in total. The maximum atomic E-state index is 11.5. The molecule has 1 aromatic heterocycles. The number of halogens is 1. The summed E-state index contributed by atoms with van der Waals surface area (Å²) >= 11 is 5.88. The number of para-hydroxylation sites is 1. The van der Waals surface area contributed by atoms with E-state index in [-0.39, 0.29) is 5.69 Å². The Balaban J connectivity index is 1.81. The number of nitrogens with one attached hydrogen (secondary N) is 2. The number of nitrogens with zero attached hydrogens (tertiary/aromatic N) is 1. The zero-order valence-corrected chi connectivity index (χ0v) is 13.4. The first-order valence-corrected chi connectivity index (χ1v) is 7.58. The summed E-state index contributed by atoms with van der Waals surface area (Å²) in [4.78, 5) is 11.5.